The van der Waals surface area contributed by atoms with Gasteiger partial charge in [0.25, 0.3) is 0 Å². The molecule has 7 heteroatoms. The Kier molecular flexibility index (Phi) is 5.03. The van der Waals surface area contributed by atoms with Gasteiger partial charge in [-0.25, -0.2) is 4.79 Å². The first-order valence-corrected chi connectivity index (χ1v) is 8.65. The third-order valence-corrected chi connectivity index (χ3v) is 4.24. The van der Waals surface area contributed by atoms with Gasteiger partial charge in [0.2, 0.25) is 0 Å². The number of rotatable bonds is 5. The fraction of sp³-hybridized carbons (Fsp3) is 0.250. The molecule has 1 aliphatic rings. The molecule has 0 aromatic heterocycles. The molecular weight excluding hydrogens is 343 g/mol. The molecule has 0 heterocycles. The van der Waals surface area contributed by atoms with Crippen LogP contribution in [0.15, 0.2) is 36.4 Å². The van der Waals surface area contributed by atoms with E-state index in [-0.39, 0.29) is 7.48 Å². The minimum absolute atomic E-state index is 0.282. The number of anilines is 1. The second-order valence-electron chi connectivity index (χ2n) is 7.39. The second kappa shape index (κ2) is 7.27. The largest absolute Gasteiger partial charge is 0.552 e. The molecule has 0 bridgehead atoms. The number of ether oxygens (including phenoxy) is 1. The van der Waals surface area contributed by atoms with Crippen molar-refractivity contribution in [3.8, 4) is 11.1 Å². The van der Waals surface area contributed by atoms with Gasteiger partial charge in [0.1, 0.15) is 18.3 Å². The third-order valence-electron chi connectivity index (χ3n) is 4.24. The van der Waals surface area contributed by atoms with Gasteiger partial charge in [-0.3, -0.25) is 10.7 Å². The number of nitrogens with one attached hydrogen (secondary N) is 2. The molecule has 1 amide bonds. The smallest absolute Gasteiger partial charge is 0.412 e. The summed E-state index contributed by atoms with van der Waals surface area (Å²) >= 11 is 0. The Hall–Kier alpha value is -3.09. The lowest BCUT2D eigenvalue weighted by Gasteiger charge is -2.20. The fourth-order valence-corrected chi connectivity index (χ4v) is 3.22. The first kappa shape index (κ1) is 18.7. The first-order chi connectivity index (χ1) is 12.8. The van der Waals surface area contributed by atoms with Crippen LogP contribution in [0.5, 0.6) is 0 Å². The maximum atomic E-state index is 12.0. The van der Waals surface area contributed by atoms with Crippen LogP contribution in [0.2, 0.25) is 0 Å². The summed E-state index contributed by atoms with van der Waals surface area (Å²) in [5.41, 5.74) is 4.59. The van der Waals surface area contributed by atoms with Crippen molar-refractivity contribution in [1.29, 1.82) is 5.41 Å². The molecule has 0 spiro atoms. The van der Waals surface area contributed by atoms with Crippen LogP contribution in [0.1, 0.15) is 37.8 Å². The van der Waals surface area contributed by atoms with Crippen LogP contribution < -0.4 is 10.8 Å². The van der Waals surface area contributed by atoms with Crippen molar-refractivity contribution in [2.24, 2.45) is 0 Å². The molecule has 138 valence electrons. The number of hydrogen-bond acceptors (Lipinski definition) is 5. The number of benzene rings is 2. The summed E-state index contributed by atoms with van der Waals surface area (Å²) in [5.74, 6) is -0.407. The van der Waals surface area contributed by atoms with Crippen molar-refractivity contribution in [2.45, 2.75) is 32.3 Å². The lowest BCUT2D eigenvalue weighted by molar-refractivity contribution is -0.108. The first-order valence-electron chi connectivity index (χ1n) is 8.65. The van der Waals surface area contributed by atoms with Gasteiger partial charge in [-0.15, -0.1) is 0 Å². The molecule has 0 saturated heterocycles. The van der Waals surface area contributed by atoms with Gasteiger partial charge in [-0.1, -0.05) is 24.3 Å². The number of carbonyl (C=O) groups is 2. The molecule has 1 atom stereocenters. The average molecular weight is 364 g/mol. The molecule has 0 radical (unpaired) electrons. The van der Waals surface area contributed by atoms with Crippen LogP contribution in [0.3, 0.4) is 0 Å². The molecule has 0 fully saturated rings. The molecule has 0 saturated carbocycles. The molecule has 27 heavy (non-hydrogen) atoms. The number of aldehydes is 1. The zero-order chi connectivity index (χ0) is 19.6. The number of carbonyl (C=O) groups excluding carboxylic acids is 2. The summed E-state index contributed by atoms with van der Waals surface area (Å²) in [6, 6.07) is 11.3. The molecule has 1 unspecified atom stereocenters. The van der Waals surface area contributed by atoms with E-state index in [2.05, 4.69) is 5.32 Å². The van der Waals surface area contributed by atoms with Gasteiger partial charge in [-0.05, 0) is 60.6 Å². The molecular formula is C20H21BN2O4. The molecule has 2 N–H and O–H groups in total. The van der Waals surface area contributed by atoms with Crippen LogP contribution in [0.4, 0.5) is 10.5 Å². The molecule has 2 aromatic carbocycles. The maximum absolute atomic E-state index is 12.0. The average Bonchev–Trinajstić information content (AvgIpc) is 2.90. The standard InChI is InChI=1S/C20H21BN2O4/c1-20(2,3)27-19(25)23-13-5-7-15-14-6-4-12(21-26-11-22)8-16(14)18(10-24)17(15)9-13/h4-11,18,21-22H,1-3H3,(H,23,25). The third kappa shape index (κ3) is 4.02. The van der Waals surface area contributed by atoms with Crippen LogP contribution in [-0.2, 0) is 14.2 Å². The summed E-state index contributed by atoms with van der Waals surface area (Å²) in [6.07, 6.45) is 1.27. The Labute approximate surface area is 158 Å². The number of hydrogen-bond donors (Lipinski definition) is 2. The van der Waals surface area contributed by atoms with Crippen molar-refractivity contribution in [3.63, 3.8) is 0 Å². The minimum atomic E-state index is -0.586. The topological polar surface area (TPSA) is 88.5 Å². The molecule has 0 aliphatic heterocycles. The lowest BCUT2D eigenvalue weighted by atomic mass is 9.84. The van der Waals surface area contributed by atoms with Gasteiger partial charge < -0.3 is 14.2 Å². The van der Waals surface area contributed by atoms with E-state index in [1.54, 1.807) is 26.8 Å². The summed E-state index contributed by atoms with van der Waals surface area (Å²) in [6.45, 7) is 5.40. The second-order valence-corrected chi connectivity index (χ2v) is 7.39. The van der Waals surface area contributed by atoms with Crippen molar-refractivity contribution >= 4 is 37.4 Å². The van der Waals surface area contributed by atoms with Crippen LogP contribution in [0, 0.1) is 5.41 Å². The van der Waals surface area contributed by atoms with Crippen molar-refractivity contribution in [1.82, 2.24) is 0 Å². The van der Waals surface area contributed by atoms with Gasteiger partial charge in [0, 0.05) is 5.69 Å². The Morgan fingerprint density at radius 3 is 2.44 bits per heavy atom. The number of fused-ring (bicyclic) bond motifs is 3. The highest BCUT2D eigenvalue weighted by Gasteiger charge is 2.29. The summed E-state index contributed by atoms with van der Waals surface area (Å²) < 4.78 is 10.3. The molecule has 2 aromatic rings. The Morgan fingerprint density at radius 1 is 1.15 bits per heavy atom. The highest BCUT2D eigenvalue weighted by atomic mass is 16.6. The van der Waals surface area contributed by atoms with Crippen molar-refractivity contribution < 1.29 is 19.0 Å². The van der Waals surface area contributed by atoms with E-state index in [4.69, 9.17) is 14.8 Å². The normalized spacial score (nSPS) is 14.6. The van der Waals surface area contributed by atoms with Crippen molar-refractivity contribution in [2.75, 3.05) is 5.32 Å². The van der Waals surface area contributed by atoms with E-state index in [0.717, 1.165) is 40.4 Å². The molecule has 6 nitrogen and oxygen atoms in total. The zero-order valence-corrected chi connectivity index (χ0v) is 15.5. The van der Waals surface area contributed by atoms with Gasteiger partial charge in [-0.2, -0.15) is 0 Å². The van der Waals surface area contributed by atoms with E-state index in [1.807, 2.05) is 30.3 Å². The Bertz CT molecular complexity index is 905. The van der Waals surface area contributed by atoms with E-state index < -0.39 is 17.6 Å². The van der Waals surface area contributed by atoms with Crippen LogP contribution in [-0.4, -0.2) is 31.9 Å². The van der Waals surface area contributed by atoms with Crippen molar-refractivity contribution in [3.05, 3.63) is 47.5 Å². The van der Waals surface area contributed by atoms with E-state index >= 15 is 0 Å². The Morgan fingerprint density at radius 2 is 1.81 bits per heavy atom. The Balaban J connectivity index is 1.89. The van der Waals surface area contributed by atoms with Crippen LogP contribution >= 0.6 is 0 Å². The maximum Gasteiger partial charge on any atom is 0.412 e. The molecule has 3 rings (SSSR count). The monoisotopic (exact) mass is 364 g/mol. The van der Waals surface area contributed by atoms with E-state index in [9.17, 15) is 9.59 Å². The molecule has 1 aliphatic carbocycles. The quantitative estimate of drug-likeness (QED) is 0.370. The lowest BCUT2D eigenvalue weighted by Crippen LogP contribution is -2.27. The van der Waals surface area contributed by atoms with E-state index in [0.29, 0.717) is 5.69 Å². The fourth-order valence-electron chi connectivity index (χ4n) is 3.22. The summed E-state index contributed by atoms with van der Waals surface area (Å²) in [7, 11) is 0.282. The van der Waals surface area contributed by atoms with Gasteiger partial charge in [0.15, 0.2) is 0 Å². The summed E-state index contributed by atoms with van der Waals surface area (Å²) in [5, 5.41) is 9.69. The predicted molar refractivity (Wildman–Crippen MR) is 106 cm³/mol. The van der Waals surface area contributed by atoms with Crippen LogP contribution in [0.25, 0.3) is 11.1 Å². The number of amides is 1. The SMILES string of the molecule is CC(C)(C)OC(=O)Nc1ccc2c(c1)C(C=O)c1cc(BOC=N)ccc1-2. The summed E-state index contributed by atoms with van der Waals surface area (Å²) in [4.78, 5) is 23.8. The van der Waals surface area contributed by atoms with Gasteiger partial charge >= 0.3 is 13.6 Å². The zero-order valence-electron chi connectivity index (χ0n) is 15.5. The highest BCUT2D eigenvalue weighted by molar-refractivity contribution is 6.48. The minimum Gasteiger partial charge on any atom is -0.552 e. The highest BCUT2D eigenvalue weighted by Crippen LogP contribution is 2.44. The van der Waals surface area contributed by atoms with E-state index in [1.165, 1.54) is 0 Å². The van der Waals surface area contributed by atoms with Gasteiger partial charge in [0.05, 0.1) is 5.92 Å². The predicted octanol–water partition coefficient (Wildman–Crippen LogP) is 2.95.